The molecule has 4 heteroatoms. The molecule has 1 aromatic carbocycles. The summed E-state index contributed by atoms with van der Waals surface area (Å²) >= 11 is 0. The second kappa shape index (κ2) is 7.07. The van der Waals surface area contributed by atoms with Gasteiger partial charge in [0, 0.05) is 38.3 Å². The molecular formula is C16H26N2O2. The van der Waals surface area contributed by atoms with Crippen LogP contribution in [-0.4, -0.2) is 61.8 Å². The number of aliphatic hydroxyl groups excluding tert-OH is 1. The van der Waals surface area contributed by atoms with Crippen molar-refractivity contribution in [1.82, 2.24) is 9.80 Å². The first-order valence-electron chi connectivity index (χ1n) is 7.33. The highest BCUT2D eigenvalue weighted by Crippen LogP contribution is 2.28. The van der Waals surface area contributed by atoms with E-state index in [1.54, 1.807) is 7.11 Å². The standard InChI is InChI=1S/C16H26N2O2/c1-13-4-5-16(20-3)14(12-13)15(19)6-7-18-10-8-17(2)9-11-18/h4-5,12,15,19H,6-11H2,1-3H3. The largest absolute Gasteiger partial charge is 0.496 e. The molecule has 0 bridgehead atoms. The van der Waals surface area contributed by atoms with Crippen molar-refractivity contribution in [3.05, 3.63) is 29.3 Å². The van der Waals surface area contributed by atoms with Crippen LogP contribution in [0.5, 0.6) is 5.75 Å². The van der Waals surface area contributed by atoms with Crippen molar-refractivity contribution < 1.29 is 9.84 Å². The first-order valence-corrected chi connectivity index (χ1v) is 7.33. The number of rotatable bonds is 5. The summed E-state index contributed by atoms with van der Waals surface area (Å²) in [6, 6.07) is 5.97. The number of piperazine rings is 1. The molecule has 1 saturated heterocycles. The lowest BCUT2D eigenvalue weighted by Crippen LogP contribution is -2.44. The van der Waals surface area contributed by atoms with Crippen molar-refractivity contribution in [2.75, 3.05) is 46.9 Å². The van der Waals surface area contributed by atoms with E-state index in [-0.39, 0.29) is 0 Å². The van der Waals surface area contributed by atoms with Gasteiger partial charge in [-0.1, -0.05) is 11.6 Å². The zero-order valence-electron chi connectivity index (χ0n) is 12.8. The summed E-state index contributed by atoms with van der Waals surface area (Å²) < 4.78 is 5.35. The Kier molecular flexibility index (Phi) is 5.40. The monoisotopic (exact) mass is 278 g/mol. The normalized spacial score (nSPS) is 19.0. The summed E-state index contributed by atoms with van der Waals surface area (Å²) in [5.74, 6) is 0.779. The van der Waals surface area contributed by atoms with E-state index in [2.05, 4.69) is 16.8 Å². The minimum Gasteiger partial charge on any atom is -0.496 e. The maximum Gasteiger partial charge on any atom is 0.124 e. The Labute approximate surface area is 122 Å². The van der Waals surface area contributed by atoms with Gasteiger partial charge in [-0.2, -0.15) is 0 Å². The van der Waals surface area contributed by atoms with Gasteiger partial charge < -0.3 is 19.6 Å². The molecule has 112 valence electrons. The van der Waals surface area contributed by atoms with Crippen molar-refractivity contribution in [2.24, 2.45) is 0 Å². The smallest absolute Gasteiger partial charge is 0.124 e. The Morgan fingerprint density at radius 3 is 2.60 bits per heavy atom. The van der Waals surface area contributed by atoms with Gasteiger partial charge in [-0.3, -0.25) is 0 Å². The van der Waals surface area contributed by atoms with Gasteiger partial charge in [0.25, 0.3) is 0 Å². The zero-order chi connectivity index (χ0) is 14.5. The van der Waals surface area contributed by atoms with Crippen LogP contribution in [0.3, 0.4) is 0 Å². The van der Waals surface area contributed by atoms with Crippen LogP contribution in [0.25, 0.3) is 0 Å². The molecule has 1 atom stereocenters. The molecule has 0 aliphatic carbocycles. The number of benzene rings is 1. The quantitative estimate of drug-likeness (QED) is 0.889. The minimum absolute atomic E-state index is 0.454. The van der Waals surface area contributed by atoms with Crippen molar-refractivity contribution >= 4 is 0 Å². The van der Waals surface area contributed by atoms with E-state index in [1.165, 1.54) is 0 Å². The number of aryl methyl sites for hydroxylation is 1. The molecule has 1 aliphatic rings. The summed E-state index contributed by atoms with van der Waals surface area (Å²) in [7, 11) is 3.81. The number of methoxy groups -OCH3 is 1. The topological polar surface area (TPSA) is 35.9 Å². The fourth-order valence-electron chi connectivity index (χ4n) is 2.65. The molecule has 0 spiro atoms. The summed E-state index contributed by atoms with van der Waals surface area (Å²) in [5, 5.41) is 10.4. The third-order valence-electron chi connectivity index (χ3n) is 4.06. The van der Waals surface area contributed by atoms with Crippen LogP contribution < -0.4 is 4.74 Å². The molecule has 0 radical (unpaired) electrons. The van der Waals surface area contributed by atoms with Crippen LogP contribution in [-0.2, 0) is 0 Å². The Morgan fingerprint density at radius 1 is 1.25 bits per heavy atom. The number of aliphatic hydroxyl groups is 1. The number of nitrogens with zero attached hydrogens (tertiary/aromatic N) is 2. The van der Waals surface area contributed by atoms with Gasteiger partial charge in [-0.25, -0.2) is 0 Å². The fraction of sp³-hybridized carbons (Fsp3) is 0.625. The van der Waals surface area contributed by atoms with Crippen molar-refractivity contribution in [1.29, 1.82) is 0 Å². The molecule has 20 heavy (non-hydrogen) atoms. The third kappa shape index (κ3) is 3.95. The van der Waals surface area contributed by atoms with E-state index in [0.29, 0.717) is 0 Å². The van der Waals surface area contributed by atoms with Crippen molar-refractivity contribution in [3.8, 4) is 5.75 Å². The number of likely N-dealkylation sites (N-methyl/N-ethyl adjacent to an activating group) is 1. The van der Waals surface area contributed by atoms with Crippen LogP contribution in [0.2, 0.25) is 0 Å². The summed E-state index contributed by atoms with van der Waals surface area (Å²) in [6.45, 7) is 7.39. The van der Waals surface area contributed by atoms with Crippen LogP contribution in [0.4, 0.5) is 0 Å². The molecule has 0 aromatic heterocycles. The highest BCUT2D eigenvalue weighted by Gasteiger charge is 2.17. The predicted molar refractivity (Wildman–Crippen MR) is 81.2 cm³/mol. The SMILES string of the molecule is COc1ccc(C)cc1C(O)CCN1CCN(C)CC1. The van der Waals surface area contributed by atoms with Gasteiger partial charge >= 0.3 is 0 Å². The van der Waals surface area contributed by atoms with Gasteiger partial charge in [0.15, 0.2) is 0 Å². The zero-order valence-corrected chi connectivity index (χ0v) is 12.8. The fourth-order valence-corrected chi connectivity index (χ4v) is 2.65. The van der Waals surface area contributed by atoms with E-state index in [1.807, 2.05) is 25.1 Å². The maximum absolute atomic E-state index is 10.4. The summed E-state index contributed by atoms with van der Waals surface area (Å²) in [6.07, 6.45) is 0.299. The molecule has 1 aliphatic heterocycles. The Balaban J connectivity index is 1.91. The molecule has 4 nitrogen and oxygen atoms in total. The molecule has 1 heterocycles. The number of ether oxygens (including phenoxy) is 1. The van der Waals surface area contributed by atoms with E-state index in [4.69, 9.17) is 4.74 Å². The van der Waals surface area contributed by atoms with Crippen molar-refractivity contribution in [2.45, 2.75) is 19.4 Å². The molecule has 2 rings (SSSR count). The third-order valence-corrected chi connectivity index (χ3v) is 4.06. The van der Waals surface area contributed by atoms with Gasteiger partial charge in [0.1, 0.15) is 5.75 Å². The van der Waals surface area contributed by atoms with E-state index < -0.39 is 6.10 Å². The van der Waals surface area contributed by atoms with Gasteiger partial charge in [0.05, 0.1) is 13.2 Å². The second-order valence-electron chi connectivity index (χ2n) is 5.69. The number of hydrogen-bond donors (Lipinski definition) is 1. The first-order chi connectivity index (χ1) is 9.60. The maximum atomic E-state index is 10.4. The van der Waals surface area contributed by atoms with Gasteiger partial charge in [0.2, 0.25) is 0 Å². The van der Waals surface area contributed by atoms with E-state index >= 15 is 0 Å². The Bertz CT molecular complexity index is 428. The second-order valence-corrected chi connectivity index (χ2v) is 5.69. The first kappa shape index (κ1) is 15.3. The lowest BCUT2D eigenvalue weighted by molar-refractivity contribution is 0.111. The lowest BCUT2D eigenvalue weighted by atomic mass is 10.0. The highest BCUT2D eigenvalue weighted by molar-refractivity contribution is 5.38. The molecule has 1 N–H and O–H groups in total. The lowest BCUT2D eigenvalue weighted by Gasteiger charge is -2.32. The van der Waals surface area contributed by atoms with Crippen LogP contribution in [0, 0.1) is 6.92 Å². The summed E-state index contributed by atoms with van der Waals surface area (Å²) in [5.41, 5.74) is 2.06. The molecule has 1 aromatic rings. The van der Waals surface area contributed by atoms with E-state index in [0.717, 1.165) is 56.0 Å². The molecule has 0 amide bonds. The summed E-state index contributed by atoms with van der Waals surface area (Å²) in [4.78, 5) is 4.77. The average molecular weight is 278 g/mol. The van der Waals surface area contributed by atoms with Crippen LogP contribution >= 0.6 is 0 Å². The molecule has 1 fully saturated rings. The van der Waals surface area contributed by atoms with Gasteiger partial charge in [-0.15, -0.1) is 0 Å². The van der Waals surface area contributed by atoms with Crippen LogP contribution in [0.15, 0.2) is 18.2 Å². The van der Waals surface area contributed by atoms with Crippen molar-refractivity contribution in [3.63, 3.8) is 0 Å². The van der Waals surface area contributed by atoms with Crippen LogP contribution in [0.1, 0.15) is 23.7 Å². The van der Waals surface area contributed by atoms with E-state index in [9.17, 15) is 5.11 Å². The Morgan fingerprint density at radius 2 is 1.95 bits per heavy atom. The molecule has 1 unspecified atom stereocenters. The molecular weight excluding hydrogens is 252 g/mol. The van der Waals surface area contributed by atoms with Gasteiger partial charge in [-0.05, 0) is 32.5 Å². The minimum atomic E-state index is -0.454. The molecule has 0 saturated carbocycles. The highest BCUT2D eigenvalue weighted by atomic mass is 16.5. The average Bonchev–Trinajstić information content (AvgIpc) is 2.46. The predicted octanol–water partition coefficient (Wildman–Crippen LogP) is 1.67. The Hall–Kier alpha value is -1.10. The number of hydrogen-bond acceptors (Lipinski definition) is 4.